The van der Waals surface area contributed by atoms with Crippen molar-refractivity contribution < 1.29 is 9.18 Å². The molecule has 0 amide bonds. The summed E-state index contributed by atoms with van der Waals surface area (Å²) >= 11 is 6.09. The Hall–Kier alpha value is -3.43. The van der Waals surface area contributed by atoms with Crippen molar-refractivity contribution in [2.75, 3.05) is 31.5 Å². The van der Waals surface area contributed by atoms with Gasteiger partial charge in [-0.1, -0.05) is 11.6 Å². The minimum absolute atomic E-state index is 0.0570. The van der Waals surface area contributed by atoms with Gasteiger partial charge in [-0.2, -0.15) is 0 Å². The van der Waals surface area contributed by atoms with Crippen LogP contribution in [0.5, 0.6) is 0 Å². The molecule has 0 aliphatic carbocycles. The van der Waals surface area contributed by atoms with Crippen LogP contribution in [-0.4, -0.2) is 61.8 Å². The molecule has 0 unspecified atom stereocenters. The topological polar surface area (TPSA) is 99.7 Å². The second-order valence-corrected chi connectivity index (χ2v) is 8.87. The van der Waals surface area contributed by atoms with Crippen molar-refractivity contribution in [2.45, 2.75) is 12.8 Å². The average molecular weight is 480 g/mol. The Morgan fingerprint density at radius 3 is 3.06 bits per heavy atom. The summed E-state index contributed by atoms with van der Waals surface area (Å²) in [5.74, 6) is 0.342. The Balaban J connectivity index is 1.25. The molecule has 1 aliphatic rings. The number of H-pyrrole nitrogens is 1. The van der Waals surface area contributed by atoms with Crippen molar-refractivity contribution in [1.82, 2.24) is 29.8 Å². The monoisotopic (exact) mass is 479 g/mol. The van der Waals surface area contributed by atoms with Crippen LogP contribution in [0.25, 0.3) is 22.4 Å². The van der Waals surface area contributed by atoms with Crippen molar-refractivity contribution >= 4 is 34.2 Å². The van der Waals surface area contributed by atoms with Crippen molar-refractivity contribution in [3.8, 4) is 11.4 Å². The van der Waals surface area contributed by atoms with Crippen LogP contribution in [0.4, 0.5) is 10.2 Å². The molecule has 0 spiro atoms. The predicted molar refractivity (Wildman–Crippen MR) is 128 cm³/mol. The zero-order chi connectivity index (χ0) is 23.5. The molecule has 10 heteroatoms. The van der Waals surface area contributed by atoms with E-state index in [4.69, 9.17) is 11.6 Å². The third-order valence-electron chi connectivity index (χ3n) is 5.99. The maximum Gasteiger partial charge on any atom is 0.183 e. The fraction of sp³-hybridized carbons (Fsp3) is 0.292. The molecule has 8 nitrogen and oxygen atoms in total. The molecule has 1 fully saturated rings. The molecule has 0 radical (unpaired) electrons. The quantitative estimate of drug-likeness (QED) is 0.383. The number of ketones is 1. The summed E-state index contributed by atoms with van der Waals surface area (Å²) < 4.78 is 14.5. The number of pyridine rings is 2. The standard InChI is InChI=1S/C24H23ClFN7O/c25-17-7-18-19(11-30-22(18)29-10-17)23-31-12-20(26)24(32-23)28-8-15-3-2-6-33(13-15)14-21(34)16-4-1-5-27-9-16/h1,4-5,7,9-12,15H,2-3,6,8,13-14H2,(H,29,30)(H,28,31,32)/t15-/m0/s1. The van der Waals surface area contributed by atoms with Gasteiger partial charge in [-0.25, -0.2) is 19.3 Å². The Labute approximate surface area is 200 Å². The Kier molecular flexibility index (Phi) is 6.46. The summed E-state index contributed by atoms with van der Waals surface area (Å²) in [5.41, 5.74) is 1.97. The summed E-state index contributed by atoms with van der Waals surface area (Å²) in [6.45, 7) is 2.52. The summed E-state index contributed by atoms with van der Waals surface area (Å²) in [6.07, 6.45) is 9.69. The first kappa shape index (κ1) is 22.4. The molecule has 0 bridgehead atoms. The first-order chi connectivity index (χ1) is 16.6. The number of likely N-dealkylation sites (tertiary alicyclic amines) is 1. The van der Waals surface area contributed by atoms with Gasteiger partial charge in [-0.15, -0.1) is 0 Å². The molecule has 2 N–H and O–H groups in total. The number of halogens is 2. The largest absolute Gasteiger partial charge is 0.367 e. The van der Waals surface area contributed by atoms with Gasteiger partial charge in [0.15, 0.2) is 23.2 Å². The third kappa shape index (κ3) is 4.90. The number of nitrogens with one attached hydrogen (secondary N) is 2. The first-order valence-electron chi connectivity index (χ1n) is 11.1. The molecule has 5 rings (SSSR count). The zero-order valence-electron chi connectivity index (χ0n) is 18.3. The number of Topliss-reactive ketones (excluding diaryl/α,β-unsaturated/α-hetero) is 1. The molecule has 1 aliphatic heterocycles. The van der Waals surface area contributed by atoms with Crippen molar-refractivity contribution in [2.24, 2.45) is 5.92 Å². The zero-order valence-corrected chi connectivity index (χ0v) is 19.1. The SMILES string of the molecule is O=C(CN1CCC[C@@H](CNc2nc(-c3c[nH]c4ncc(Cl)cc34)ncc2F)C1)c1cccnc1. The van der Waals surface area contributed by atoms with Gasteiger partial charge < -0.3 is 10.3 Å². The maximum atomic E-state index is 14.5. The fourth-order valence-corrected chi connectivity index (χ4v) is 4.47. The van der Waals surface area contributed by atoms with Crippen LogP contribution < -0.4 is 5.32 Å². The lowest BCUT2D eigenvalue weighted by atomic mass is 9.97. The van der Waals surface area contributed by atoms with E-state index < -0.39 is 5.82 Å². The van der Waals surface area contributed by atoms with Gasteiger partial charge in [-0.3, -0.25) is 14.7 Å². The van der Waals surface area contributed by atoms with Crippen LogP contribution in [0.2, 0.25) is 5.02 Å². The number of hydrogen-bond donors (Lipinski definition) is 2. The van der Waals surface area contributed by atoms with E-state index in [0.29, 0.717) is 40.7 Å². The van der Waals surface area contributed by atoms with Crippen molar-refractivity contribution in [3.05, 3.63) is 65.6 Å². The Morgan fingerprint density at radius 1 is 1.29 bits per heavy atom. The van der Waals surface area contributed by atoms with E-state index in [1.165, 1.54) is 6.20 Å². The molecular weight excluding hydrogens is 457 g/mol. The highest BCUT2D eigenvalue weighted by Crippen LogP contribution is 2.28. The van der Waals surface area contributed by atoms with Crippen LogP contribution in [0.15, 0.2) is 49.2 Å². The summed E-state index contributed by atoms with van der Waals surface area (Å²) in [5, 5.41) is 4.42. The highest BCUT2D eigenvalue weighted by Gasteiger charge is 2.23. The number of carbonyl (C=O) groups excluding carboxylic acids is 1. The van der Waals surface area contributed by atoms with Crippen LogP contribution in [-0.2, 0) is 0 Å². The lowest BCUT2D eigenvalue weighted by Crippen LogP contribution is -2.41. The second-order valence-electron chi connectivity index (χ2n) is 8.43. The summed E-state index contributed by atoms with van der Waals surface area (Å²) in [7, 11) is 0. The maximum absolute atomic E-state index is 14.5. The van der Waals surface area contributed by atoms with Crippen LogP contribution in [0.1, 0.15) is 23.2 Å². The number of aromatic amines is 1. The van der Waals surface area contributed by atoms with Crippen molar-refractivity contribution in [3.63, 3.8) is 0 Å². The average Bonchev–Trinajstić information content (AvgIpc) is 3.27. The van der Waals surface area contributed by atoms with Gasteiger partial charge in [0.05, 0.1) is 17.8 Å². The van der Waals surface area contributed by atoms with Gasteiger partial charge >= 0.3 is 0 Å². The van der Waals surface area contributed by atoms with Crippen LogP contribution in [0, 0.1) is 11.7 Å². The van der Waals surface area contributed by atoms with Gasteiger partial charge in [0, 0.05) is 54.4 Å². The van der Waals surface area contributed by atoms with Crippen LogP contribution in [0.3, 0.4) is 0 Å². The van der Waals surface area contributed by atoms with Crippen LogP contribution >= 0.6 is 11.6 Å². The van der Waals surface area contributed by atoms with Gasteiger partial charge in [0.2, 0.25) is 0 Å². The van der Waals surface area contributed by atoms with Gasteiger partial charge in [-0.05, 0) is 43.5 Å². The third-order valence-corrected chi connectivity index (χ3v) is 6.20. The number of rotatable bonds is 7. The number of aromatic nitrogens is 5. The molecule has 5 heterocycles. The fourth-order valence-electron chi connectivity index (χ4n) is 4.31. The molecule has 1 atom stereocenters. The van der Waals surface area contributed by atoms with E-state index in [9.17, 15) is 9.18 Å². The number of carbonyl (C=O) groups is 1. The minimum Gasteiger partial charge on any atom is -0.367 e. The molecular formula is C24H23ClFN7O. The number of piperidine rings is 1. The highest BCUT2D eigenvalue weighted by atomic mass is 35.5. The smallest absolute Gasteiger partial charge is 0.183 e. The molecule has 0 saturated carbocycles. The highest BCUT2D eigenvalue weighted by molar-refractivity contribution is 6.31. The molecule has 4 aromatic rings. The van der Waals surface area contributed by atoms with Crippen molar-refractivity contribution in [1.29, 1.82) is 0 Å². The Bertz CT molecular complexity index is 1310. The second kappa shape index (κ2) is 9.82. The molecule has 34 heavy (non-hydrogen) atoms. The van der Waals surface area contributed by atoms with E-state index in [2.05, 4.69) is 35.1 Å². The molecule has 4 aromatic heterocycles. The molecule has 1 saturated heterocycles. The van der Waals surface area contributed by atoms with Gasteiger partial charge in [0.1, 0.15) is 5.65 Å². The lowest BCUT2D eigenvalue weighted by molar-refractivity contribution is 0.0890. The number of anilines is 1. The summed E-state index contributed by atoms with van der Waals surface area (Å²) in [6, 6.07) is 5.33. The van der Waals surface area contributed by atoms with Gasteiger partial charge in [0.25, 0.3) is 0 Å². The predicted octanol–water partition coefficient (Wildman–Crippen LogP) is 4.21. The Morgan fingerprint density at radius 2 is 2.21 bits per heavy atom. The molecule has 0 aromatic carbocycles. The number of nitrogens with zero attached hydrogens (tertiary/aromatic N) is 5. The van der Waals surface area contributed by atoms with E-state index in [1.54, 1.807) is 43.0 Å². The normalized spacial score (nSPS) is 16.6. The van der Waals surface area contributed by atoms with E-state index >= 15 is 0 Å². The summed E-state index contributed by atoms with van der Waals surface area (Å²) in [4.78, 5) is 34.6. The van der Waals surface area contributed by atoms with E-state index in [0.717, 1.165) is 31.3 Å². The lowest BCUT2D eigenvalue weighted by Gasteiger charge is -2.32. The number of hydrogen-bond acceptors (Lipinski definition) is 7. The van der Waals surface area contributed by atoms with E-state index in [-0.39, 0.29) is 17.5 Å². The number of fused-ring (bicyclic) bond motifs is 1. The first-order valence-corrected chi connectivity index (χ1v) is 11.5. The van der Waals surface area contributed by atoms with E-state index in [1.807, 2.05) is 0 Å². The molecule has 174 valence electrons. The minimum atomic E-state index is -0.515.